The molecule has 3 rings (SSSR count). The fourth-order valence-corrected chi connectivity index (χ4v) is 3.31. The van der Waals surface area contributed by atoms with Crippen LogP contribution in [0.5, 0.6) is 0 Å². The molecule has 1 N–H and O–H groups in total. The molecule has 3 aromatic rings. The number of benzene rings is 2. The smallest absolute Gasteiger partial charge is 0.234 e. The monoisotopic (exact) mass is 352 g/mol. The van der Waals surface area contributed by atoms with E-state index >= 15 is 0 Å². The molecule has 0 bridgehead atoms. The first-order valence-corrected chi connectivity index (χ1v) is 8.98. The second-order valence-electron chi connectivity index (χ2n) is 6.03. The molecule has 1 amide bonds. The van der Waals surface area contributed by atoms with Crippen molar-refractivity contribution >= 4 is 23.4 Å². The molecule has 128 valence electrons. The maximum atomic E-state index is 12.2. The zero-order valence-electron chi connectivity index (χ0n) is 14.5. The Balaban J connectivity index is 1.65. The number of aromatic nitrogens is 3. The number of carbonyl (C=O) groups excluding carboxylic acids is 1. The molecule has 0 aliphatic rings. The van der Waals surface area contributed by atoms with E-state index in [0.717, 1.165) is 22.5 Å². The van der Waals surface area contributed by atoms with E-state index < -0.39 is 0 Å². The summed E-state index contributed by atoms with van der Waals surface area (Å²) in [5.41, 5.74) is 5.25. The van der Waals surface area contributed by atoms with E-state index in [1.807, 2.05) is 61.7 Å². The van der Waals surface area contributed by atoms with Gasteiger partial charge in [-0.05, 0) is 56.2 Å². The van der Waals surface area contributed by atoms with Crippen molar-refractivity contribution in [2.75, 3.05) is 11.1 Å². The molecular formula is C19H20N4OS. The average molecular weight is 352 g/mol. The first-order valence-electron chi connectivity index (χ1n) is 7.99. The molecule has 0 atom stereocenters. The van der Waals surface area contributed by atoms with Crippen LogP contribution < -0.4 is 5.32 Å². The molecule has 0 saturated carbocycles. The Bertz CT molecular complexity index is 866. The van der Waals surface area contributed by atoms with Crippen LogP contribution in [0.2, 0.25) is 0 Å². The predicted octanol–water partition coefficient (Wildman–Crippen LogP) is 3.92. The number of hydrogen-bond donors (Lipinski definition) is 1. The van der Waals surface area contributed by atoms with Crippen LogP contribution in [-0.2, 0) is 4.79 Å². The summed E-state index contributed by atoms with van der Waals surface area (Å²) in [5, 5.41) is 11.7. The highest BCUT2D eigenvalue weighted by atomic mass is 32.2. The van der Waals surface area contributed by atoms with Crippen molar-refractivity contribution in [3.8, 4) is 5.69 Å². The Morgan fingerprint density at radius 1 is 1.04 bits per heavy atom. The second-order valence-corrected chi connectivity index (χ2v) is 6.97. The van der Waals surface area contributed by atoms with Crippen LogP contribution in [0.3, 0.4) is 0 Å². The number of carbonyl (C=O) groups is 1. The summed E-state index contributed by atoms with van der Waals surface area (Å²) in [6, 6.07) is 14.1. The van der Waals surface area contributed by atoms with Gasteiger partial charge in [0.25, 0.3) is 0 Å². The molecule has 0 saturated heterocycles. The van der Waals surface area contributed by atoms with E-state index in [1.165, 1.54) is 17.3 Å². The number of amides is 1. The summed E-state index contributed by atoms with van der Waals surface area (Å²) in [6.07, 6.45) is 1.66. The summed E-state index contributed by atoms with van der Waals surface area (Å²) in [6.45, 7) is 6.08. The van der Waals surface area contributed by atoms with E-state index in [2.05, 4.69) is 21.6 Å². The van der Waals surface area contributed by atoms with Crippen molar-refractivity contribution in [2.45, 2.75) is 25.9 Å². The van der Waals surface area contributed by atoms with Gasteiger partial charge in [-0.25, -0.2) is 0 Å². The largest absolute Gasteiger partial charge is 0.325 e. The van der Waals surface area contributed by atoms with Gasteiger partial charge in [0.05, 0.1) is 5.75 Å². The van der Waals surface area contributed by atoms with E-state index in [4.69, 9.17) is 0 Å². The summed E-state index contributed by atoms with van der Waals surface area (Å²) >= 11 is 1.37. The number of thioether (sulfide) groups is 1. The number of rotatable bonds is 5. The van der Waals surface area contributed by atoms with Crippen molar-refractivity contribution in [2.24, 2.45) is 0 Å². The van der Waals surface area contributed by atoms with Crippen LogP contribution in [0.1, 0.15) is 16.7 Å². The van der Waals surface area contributed by atoms with E-state index in [9.17, 15) is 4.79 Å². The summed E-state index contributed by atoms with van der Waals surface area (Å²) in [4.78, 5) is 12.2. The Hall–Kier alpha value is -2.60. The van der Waals surface area contributed by atoms with Crippen LogP contribution in [0.4, 0.5) is 5.69 Å². The molecule has 5 nitrogen and oxygen atoms in total. The topological polar surface area (TPSA) is 59.8 Å². The Morgan fingerprint density at radius 2 is 1.72 bits per heavy atom. The zero-order chi connectivity index (χ0) is 17.8. The molecule has 0 aliphatic carbocycles. The lowest BCUT2D eigenvalue weighted by Crippen LogP contribution is -2.14. The van der Waals surface area contributed by atoms with E-state index in [0.29, 0.717) is 5.16 Å². The number of aryl methyl sites for hydroxylation is 3. The second kappa shape index (κ2) is 7.53. The summed E-state index contributed by atoms with van der Waals surface area (Å²) in [5.74, 6) is 0.214. The van der Waals surface area contributed by atoms with Crippen molar-refractivity contribution < 1.29 is 4.79 Å². The first-order chi connectivity index (χ1) is 12.0. The van der Waals surface area contributed by atoms with Gasteiger partial charge in [-0.3, -0.25) is 9.36 Å². The van der Waals surface area contributed by atoms with Crippen LogP contribution in [0, 0.1) is 20.8 Å². The van der Waals surface area contributed by atoms with Gasteiger partial charge >= 0.3 is 0 Å². The molecule has 1 heterocycles. The maximum Gasteiger partial charge on any atom is 0.234 e. The van der Waals surface area contributed by atoms with Gasteiger partial charge in [-0.2, -0.15) is 0 Å². The van der Waals surface area contributed by atoms with Crippen molar-refractivity contribution in [3.05, 3.63) is 65.5 Å². The van der Waals surface area contributed by atoms with E-state index in [-0.39, 0.29) is 11.7 Å². The van der Waals surface area contributed by atoms with Crippen LogP contribution in [0.25, 0.3) is 5.69 Å². The fourth-order valence-electron chi connectivity index (χ4n) is 2.58. The molecular weight excluding hydrogens is 332 g/mol. The number of nitrogens with zero attached hydrogens (tertiary/aromatic N) is 3. The fraction of sp³-hybridized carbons (Fsp3) is 0.211. The molecule has 0 radical (unpaired) electrons. The van der Waals surface area contributed by atoms with Crippen molar-refractivity contribution in [3.63, 3.8) is 0 Å². The highest BCUT2D eigenvalue weighted by Crippen LogP contribution is 2.20. The lowest BCUT2D eigenvalue weighted by Gasteiger charge is -2.08. The van der Waals surface area contributed by atoms with Crippen molar-refractivity contribution in [1.29, 1.82) is 0 Å². The lowest BCUT2D eigenvalue weighted by atomic mass is 10.1. The lowest BCUT2D eigenvalue weighted by molar-refractivity contribution is -0.113. The number of nitrogens with one attached hydrogen (secondary N) is 1. The third-order valence-electron chi connectivity index (χ3n) is 3.67. The van der Waals surface area contributed by atoms with Gasteiger partial charge in [0.2, 0.25) is 5.91 Å². The standard InChI is InChI=1S/C19H20N4OS/c1-13-4-6-17(7-5-13)23-12-20-22-19(23)25-11-18(24)21-16-9-14(2)8-15(3)10-16/h4-10,12H,11H2,1-3H3,(H,21,24). The normalized spacial score (nSPS) is 10.7. The Kier molecular flexibility index (Phi) is 5.19. The highest BCUT2D eigenvalue weighted by Gasteiger charge is 2.10. The summed E-state index contributed by atoms with van der Waals surface area (Å²) < 4.78 is 1.88. The molecule has 6 heteroatoms. The first kappa shape index (κ1) is 17.2. The minimum atomic E-state index is -0.0616. The van der Waals surface area contributed by atoms with Crippen LogP contribution >= 0.6 is 11.8 Å². The molecule has 0 unspecified atom stereocenters. The number of hydrogen-bond acceptors (Lipinski definition) is 4. The molecule has 25 heavy (non-hydrogen) atoms. The Morgan fingerprint density at radius 3 is 2.40 bits per heavy atom. The van der Waals surface area contributed by atoms with Gasteiger partial charge in [0.15, 0.2) is 5.16 Å². The molecule has 0 fully saturated rings. The van der Waals surface area contributed by atoms with Gasteiger partial charge in [-0.15, -0.1) is 10.2 Å². The summed E-state index contributed by atoms with van der Waals surface area (Å²) in [7, 11) is 0. The third kappa shape index (κ3) is 4.48. The third-order valence-corrected chi connectivity index (χ3v) is 4.61. The minimum Gasteiger partial charge on any atom is -0.325 e. The van der Waals surface area contributed by atoms with Crippen LogP contribution in [0.15, 0.2) is 53.9 Å². The average Bonchev–Trinajstić information content (AvgIpc) is 3.01. The van der Waals surface area contributed by atoms with Gasteiger partial charge in [0.1, 0.15) is 6.33 Å². The minimum absolute atomic E-state index is 0.0616. The van der Waals surface area contributed by atoms with Gasteiger partial charge in [0, 0.05) is 11.4 Å². The van der Waals surface area contributed by atoms with E-state index in [1.54, 1.807) is 6.33 Å². The SMILES string of the molecule is Cc1ccc(-n2cnnc2SCC(=O)Nc2cc(C)cc(C)c2)cc1. The number of anilines is 1. The van der Waals surface area contributed by atoms with Crippen molar-refractivity contribution in [1.82, 2.24) is 14.8 Å². The zero-order valence-corrected chi connectivity index (χ0v) is 15.3. The molecule has 0 spiro atoms. The van der Waals surface area contributed by atoms with Gasteiger partial charge < -0.3 is 5.32 Å². The molecule has 1 aromatic heterocycles. The molecule has 0 aliphatic heterocycles. The highest BCUT2D eigenvalue weighted by molar-refractivity contribution is 7.99. The maximum absolute atomic E-state index is 12.2. The Labute approximate surface area is 151 Å². The van der Waals surface area contributed by atoms with Gasteiger partial charge in [-0.1, -0.05) is 35.5 Å². The predicted molar refractivity (Wildman–Crippen MR) is 101 cm³/mol. The molecule has 2 aromatic carbocycles. The van der Waals surface area contributed by atoms with Crippen LogP contribution in [-0.4, -0.2) is 26.4 Å². The quantitative estimate of drug-likeness (QED) is 0.707.